The molecule has 2 aliphatic rings. The molecule has 2 heterocycles. The number of nitrogens with zero attached hydrogens (tertiary/aromatic N) is 3. The highest BCUT2D eigenvalue weighted by molar-refractivity contribution is 6.31. The number of hydrogen-bond acceptors (Lipinski definition) is 3. The summed E-state index contributed by atoms with van der Waals surface area (Å²) in [7, 11) is 0. The van der Waals surface area contributed by atoms with Crippen molar-refractivity contribution < 1.29 is 0 Å². The lowest BCUT2D eigenvalue weighted by atomic mass is 10.1. The molecule has 0 atom stereocenters. The third kappa shape index (κ3) is 1.59. The highest BCUT2D eigenvalue weighted by Gasteiger charge is 2.44. The number of anilines is 1. The molecule has 94 valence electrons. The van der Waals surface area contributed by atoms with Crippen LogP contribution in [0.4, 0.5) is 5.95 Å². The zero-order chi connectivity index (χ0) is 12.3. The van der Waals surface area contributed by atoms with Gasteiger partial charge in [0.25, 0.3) is 0 Å². The largest absolute Gasteiger partial charge is 0.369 e. The summed E-state index contributed by atoms with van der Waals surface area (Å²) in [5.41, 5.74) is 7.81. The van der Waals surface area contributed by atoms with E-state index in [4.69, 9.17) is 17.3 Å². The first kappa shape index (κ1) is 10.6. The van der Waals surface area contributed by atoms with Crippen LogP contribution < -0.4 is 5.73 Å². The Morgan fingerprint density at radius 3 is 2.56 bits per heavy atom. The van der Waals surface area contributed by atoms with Gasteiger partial charge in [-0.3, -0.25) is 4.57 Å². The molecule has 18 heavy (non-hydrogen) atoms. The third-order valence-electron chi connectivity index (χ3n) is 4.03. The second kappa shape index (κ2) is 3.60. The predicted octanol–water partition coefficient (Wildman–Crippen LogP) is 3.03. The summed E-state index contributed by atoms with van der Waals surface area (Å²) in [4.78, 5) is 8.84. The van der Waals surface area contributed by atoms with Crippen molar-refractivity contribution in [1.82, 2.24) is 14.5 Å². The van der Waals surface area contributed by atoms with Crippen molar-refractivity contribution in [3.8, 4) is 0 Å². The maximum Gasteiger partial charge on any atom is 0.202 e. The van der Waals surface area contributed by atoms with Crippen LogP contribution in [0.5, 0.6) is 0 Å². The van der Waals surface area contributed by atoms with Gasteiger partial charge in [-0.1, -0.05) is 11.6 Å². The molecule has 2 fully saturated rings. The van der Waals surface area contributed by atoms with E-state index >= 15 is 0 Å². The first-order valence-corrected chi connectivity index (χ1v) is 6.91. The first-order chi connectivity index (χ1) is 8.74. The minimum absolute atomic E-state index is 0.503. The van der Waals surface area contributed by atoms with E-state index in [0.717, 1.165) is 23.0 Å². The molecular weight excluding hydrogens is 248 g/mol. The van der Waals surface area contributed by atoms with E-state index in [1.165, 1.54) is 25.7 Å². The highest BCUT2D eigenvalue weighted by atomic mass is 35.5. The fraction of sp³-hybridized carbons (Fsp3) is 0.538. The lowest BCUT2D eigenvalue weighted by molar-refractivity contribution is 0.407. The Kier molecular flexibility index (Phi) is 2.13. The quantitative estimate of drug-likeness (QED) is 0.925. The summed E-state index contributed by atoms with van der Waals surface area (Å²) >= 11 is 5.96. The second-order valence-electron chi connectivity index (χ2n) is 5.50. The van der Waals surface area contributed by atoms with Crippen LogP contribution in [0.2, 0.25) is 5.02 Å². The van der Waals surface area contributed by atoms with Gasteiger partial charge in [-0.05, 0) is 43.6 Å². The normalized spacial score (nSPS) is 19.9. The number of rotatable bonds is 3. The molecule has 2 saturated carbocycles. The summed E-state index contributed by atoms with van der Waals surface area (Å²) in [5.74, 6) is 2.13. The van der Waals surface area contributed by atoms with Crippen LogP contribution >= 0.6 is 11.6 Å². The van der Waals surface area contributed by atoms with Gasteiger partial charge in [0.05, 0.1) is 5.02 Å². The van der Waals surface area contributed by atoms with E-state index in [2.05, 4.69) is 14.5 Å². The third-order valence-corrected chi connectivity index (χ3v) is 4.24. The molecule has 0 radical (unpaired) electrons. The number of halogens is 1. The summed E-state index contributed by atoms with van der Waals surface area (Å²) in [6.45, 7) is 0. The van der Waals surface area contributed by atoms with Crippen molar-refractivity contribution in [3.63, 3.8) is 0 Å². The smallest absolute Gasteiger partial charge is 0.202 e. The molecule has 5 heteroatoms. The van der Waals surface area contributed by atoms with Crippen LogP contribution in [0.3, 0.4) is 0 Å². The maximum atomic E-state index is 6.10. The van der Waals surface area contributed by atoms with E-state index in [-0.39, 0.29) is 0 Å². The minimum atomic E-state index is 0.503. The lowest BCUT2D eigenvalue weighted by Gasteiger charge is -2.19. The summed E-state index contributed by atoms with van der Waals surface area (Å²) in [6, 6.07) is 2.34. The van der Waals surface area contributed by atoms with Crippen molar-refractivity contribution in [2.45, 2.75) is 31.7 Å². The fourth-order valence-corrected chi connectivity index (χ4v) is 3.10. The fourth-order valence-electron chi connectivity index (χ4n) is 2.95. The Balaban J connectivity index is 1.89. The minimum Gasteiger partial charge on any atom is -0.369 e. The predicted molar refractivity (Wildman–Crippen MR) is 71.4 cm³/mol. The standard InChI is InChI=1S/C13H15ClN4/c14-9-5-10-12(16-6-9)18(13(15)17-10)11(7-1-2-7)8-3-4-8/h5-8,11H,1-4H2,(H2,15,17). The Morgan fingerprint density at radius 2 is 1.94 bits per heavy atom. The van der Waals surface area contributed by atoms with Gasteiger partial charge in [0.15, 0.2) is 5.65 Å². The highest BCUT2D eigenvalue weighted by Crippen LogP contribution is 2.53. The Morgan fingerprint density at radius 1 is 1.28 bits per heavy atom. The first-order valence-electron chi connectivity index (χ1n) is 6.53. The molecule has 2 aromatic heterocycles. The van der Waals surface area contributed by atoms with E-state index in [1.807, 2.05) is 6.07 Å². The van der Waals surface area contributed by atoms with Crippen LogP contribution in [0.15, 0.2) is 12.3 Å². The SMILES string of the molecule is Nc1nc2cc(Cl)cnc2n1C(C1CC1)C1CC1. The summed E-state index contributed by atoms with van der Waals surface area (Å²) in [6.07, 6.45) is 6.93. The molecule has 0 aliphatic heterocycles. The Hall–Kier alpha value is -1.29. The molecule has 2 aromatic rings. The number of fused-ring (bicyclic) bond motifs is 1. The molecule has 0 spiro atoms. The number of imidazole rings is 1. The Bertz CT molecular complexity index is 601. The molecule has 0 bridgehead atoms. The molecule has 0 unspecified atom stereocenters. The molecule has 0 saturated heterocycles. The number of pyridine rings is 1. The van der Waals surface area contributed by atoms with Crippen LogP contribution in [-0.4, -0.2) is 14.5 Å². The topological polar surface area (TPSA) is 56.7 Å². The zero-order valence-electron chi connectivity index (χ0n) is 10.0. The molecule has 0 aromatic carbocycles. The monoisotopic (exact) mass is 262 g/mol. The lowest BCUT2D eigenvalue weighted by Crippen LogP contribution is -2.16. The average molecular weight is 263 g/mol. The zero-order valence-corrected chi connectivity index (χ0v) is 10.8. The molecule has 4 rings (SSSR count). The van der Waals surface area contributed by atoms with E-state index in [9.17, 15) is 0 Å². The van der Waals surface area contributed by atoms with Crippen molar-refractivity contribution in [2.24, 2.45) is 11.8 Å². The van der Waals surface area contributed by atoms with Gasteiger partial charge >= 0.3 is 0 Å². The molecule has 2 aliphatic carbocycles. The summed E-state index contributed by atoms with van der Waals surface area (Å²) in [5, 5.41) is 0.613. The second-order valence-corrected chi connectivity index (χ2v) is 5.94. The van der Waals surface area contributed by atoms with Crippen molar-refractivity contribution in [2.75, 3.05) is 5.73 Å². The van der Waals surface area contributed by atoms with Gasteiger partial charge in [0, 0.05) is 12.2 Å². The molecule has 4 nitrogen and oxygen atoms in total. The van der Waals surface area contributed by atoms with Gasteiger partial charge in [-0.2, -0.15) is 0 Å². The Labute approximate surface area is 110 Å². The maximum absolute atomic E-state index is 6.10. The molecule has 2 N–H and O–H groups in total. The van der Waals surface area contributed by atoms with Crippen LogP contribution in [0.1, 0.15) is 31.7 Å². The number of nitrogen functional groups attached to an aromatic ring is 1. The number of nitrogens with two attached hydrogens (primary N) is 1. The summed E-state index contributed by atoms with van der Waals surface area (Å²) < 4.78 is 2.15. The van der Waals surface area contributed by atoms with E-state index in [0.29, 0.717) is 17.0 Å². The molecule has 0 amide bonds. The number of aromatic nitrogens is 3. The molecular formula is C13H15ClN4. The van der Waals surface area contributed by atoms with E-state index in [1.54, 1.807) is 6.20 Å². The van der Waals surface area contributed by atoms with Crippen LogP contribution in [0, 0.1) is 11.8 Å². The van der Waals surface area contributed by atoms with E-state index < -0.39 is 0 Å². The van der Waals surface area contributed by atoms with Crippen LogP contribution in [-0.2, 0) is 0 Å². The number of hydrogen-bond donors (Lipinski definition) is 1. The van der Waals surface area contributed by atoms with Gasteiger partial charge in [-0.15, -0.1) is 0 Å². The van der Waals surface area contributed by atoms with Gasteiger partial charge in [-0.25, -0.2) is 9.97 Å². The van der Waals surface area contributed by atoms with Crippen molar-refractivity contribution >= 4 is 28.7 Å². The van der Waals surface area contributed by atoms with Crippen molar-refractivity contribution in [3.05, 3.63) is 17.3 Å². The van der Waals surface area contributed by atoms with Gasteiger partial charge in [0.1, 0.15) is 5.52 Å². The van der Waals surface area contributed by atoms with Crippen LogP contribution in [0.25, 0.3) is 11.2 Å². The van der Waals surface area contributed by atoms with Gasteiger partial charge < -0.3 is 5.73 Å². The average Bonchev–Trinajstić information content (AvgIpc) is 3.21. The van der Waals surface area contributed by atoms with Crippen molar-refractivity contribution in [1.29, 1.82) is 0 Å². The van der Waals surface area contributed by atoms with Gasteiger partial charge in [0.2, 0.25) is 5.95 Å².